The average Bonchev–Trinajstić information content (AvgIpc) is 3.66. The highest BCUT2D eigenvalue weighted by Gasteiger charge is 2.64. The lowest BCUT2D eigenvalue weighted by Crippen LogP contribution is -2.51. The number of carbonyl (C=O) groups is 2. The maximum absolute atomic E-state index is 14.6. The lowest BCUT2D eigenvalue weighted by atomic mass is 9.81. The number of nitrogens with zero attached hydrogens (tertiary/aromatic N) is 3. The lowest BCUT2D eigenvalue weighted by molar-refractivity contribution is -0.149. The smallest absolute Gasteiger partial charge is 0.303 e. The predicted molar refractivity (Wildman–Crippen MR) is 171 cm³/mol. The summed E-state index contributed by atoms with van der Waals surface area (Å²) in [5, 5.41) is 11.7. The van der Waals surface area contributed by atoms with Gasteiger partial charge in [-0.2, -0.15) is 12.7 Å². The minimum atomic E-state index is -3.98. The Morgan fingerprint density at radius 3 is 2.42 bits per heavy atom. The van der Waals surface area contributed by atoms with E-state index in [1.165, 1.54) is 26.1 Å². The van der Waals surface area contributed by atoms with Crippen molar-refractivity contribution in [2.75, 3.05) is 27.2 Å². The largest absolute Gasteiger partial charge is 0.508 e. The molecule has 4 atom stereocenters. The van der Waals surface area contributed by atoms with Crippen LogP contribution in [0.2, 0.25) is 0 Å². The van der Waals surface area contributed by atoms with E-state index < -0.39 is 21.5 Å². The number of rotatable bonds is 5. The van der Waals surface area contributed by atoms with Gasteiger partial charge in [-0.1, -0.05) is 25.3 Å². The molecule has 2 saturated carbocycles. The van der Waals surface area contributed by atoms with Crippen LogP contribution in [0.3, 0.4) is 0 Å². The van der Waals surface area contributed by atoms with E-state index in [-0.39, 0.29) is 35.3 Å². The van der Waals surface area contributed by atoms with Crippen LogP contribution in [0.1, 0.15) is 85.7 Å². The quantitative estimate of drug-likeness (QED) is 0.419. The Morgan fingerprint density at radius 1 is 1.02 bits per heavy atom. The van der Waals surface area contributed by atoms with Crippen molar-refractivity contribution >= 4 is 32.9 Å². The van der Waals surface area contributed by atoms with Crippen LogP contribution in [0, 0.1) is 5.41 Å². The van der Waals surface area contributed by atoms with Gasteiger partial charge in [0.15, 0.2) is 0 Å². The Hall–Kier alpha value is -3.41. The Bertz CT molecular complexity index is 1800. The Labute approximate surface area is 264 Å². The third kappa shape index (κ3) is 5.03. The minimum absolute atomic E-state index is 0.0496. The second-order valence-corrected chi connectivity index (χ2v) is 15.7. The summed E-state index contributed by atoms with van der Waals surface area (Å²) >= 11 is 0. The topological polar surface area (TPSA) is 121 Å². The van der Waals surface area contributed by atoms with Gasteiger partial charge >= 0.3 is 10.2 Å². The molecule has 2 N–H and O–H groups in total. The molecule has 0 spiro atoms. The van der Waals surface area contributed by atoms with Crippen molar-refractivity contribution in [1.29, 1.82) is 0 Å². The average molecular weight is 635 g/mol. The number of ether oxygens (including phenoxy) is 1. The lowest BCUT2D eigenvalue weighted by Gasteiger charge is -2.37. The second-order valence-electron chi connectivity index (χ2n) is 13.8. The molecule has 10 nitrogen and oxygen atoms in total. The molecule has 3 heterocycles. The molecule has 2 aliphatic heterocycles. The summed E-state index contributed by atoms with van der Waals surface area (Å²) in [6.07, 6.45) is 6.14. The number of hydrogen-bond acceptors (Lipinski definition) is 6. The van der Waals surface area contributed by atoms with Crippen LogP contribution in [-0.2, 0) is 26.3 Å². The fourth-order valence-electron chi connectivity index (χ4n) is 8.23. The van der Waals surface area contributed by atoms with Crippen molar-refractivity contribution in [3.05, 3.63) is 53.1 Å². The fraction of sp³-hybridized carbons (Fsp3) is 0.529. The van der Waals surface area contributed by atoms with E-state index in [0.717, 1.165) is 57.7 Å². The number of phenolic OH excluding ortho intramolecular Hbond substituents is 1. The predicted octanol–water partition coefficient (Wildman–Crippen LogP) is 4.72. The van der Waals surface area contributed by atoms with Gasteiger partial charge in [-0.25, -0.2) is 4.72 Å². The number of phenols is 1. The van der Waals surface area contributed by atoms with Crippen LogP contribution < -0.4 is 4.72 Å². The number of carbonyl (C=O) groups excluding carboxylic acids is 2. The summed E-state index contributed by atoms with van der Waals surface area (Å²) in [7, 11) is -1.24. The number of fused-ring (bicyclic) bond motifs is 7. The molecule has 240 valence electrons. The highest BCUT2D eigenvalue weighted by Crippen LogP contribution is 2.66. The van der Waals surface area contributed by atoms with Gasteiger partial charge in [-0.3, -0.25) is 9.59 Å². The van der Waals surface area contributed by atoms with Gasteiger partial charge in [0.05, 0.1) is 23.3 Å². The molecule has 7 rings (SSSR count). The number of hydrogen-bond donors (Lipinski definition) is 2. The maximum Gasteiger partial charge on any atom is 0.303 e. The van der Waals surface area contributed by atoms with Crippen molar-refractivity contribution in [2.24, 2.45) is 5.41 Å². The zero-order valence-corrected chi connectivity index (χ0v) is 27.2. The molecule has 1 saturated heterocycles. The Morgan fingerprint density at radius 2 is 1.73 bits per heavy atom. The zero-order chi connectivity index (χ0) is 31.8. The summed E-state index contributed by atoms with van der Waals surface area (Å²) in [6, 6.07) is 11.0. The molecule has 4 aliphatic rings. The SMILES string of the molecule is C[C@@H]1CN(C(=O)C23CC2c2cc(O)ccc2-c2c(C4CCCCC4)c4ccc(C(=O)NS(=O)(=O)N(C)C)cc4n2C3)C[C@H](C)O1. The van der Waals surface area contributed by atoms with Crippen LogP contribution in [-0.4, -0.2) is 78.5 Å². The zero-order valence-electron chi connectivity index (χ0n) is 26.4. The van der Waals surface area contributed by atoms with Crippen LogP contribution in [0.5, 0.6) is 5.75 Å². The van der Waals surface area contributed by atoms with Crippen molar-refractivity contribution in [3.63, 3.8) is 0 Å². The summed E-state index contributed by atoms with van der Waals surface area (Å²) in [5.41, 5.74) is 4.64. The first-order valence-electron chi connectivity index (χ1n) is 16.1. The molecule has 3 fully saturated rings. The molecule has 1 aromatic heterocycles. The van der Waals surface area contributed by atoms with Crippen LogP contribution >= 0.6 is 0 Å². The molecule has 0 radical (unpaired) electrons. The number of aromatic nitrogens is 1. The van der Waals surface area contributed by atoms with E-state index in [2.05, 4.69) is 9.29 Å². The van der Waals surface area contributed by atoms with Gasteiger partial charge in [-0.05, 0) is 80.5 Å². The fourth-order valence-corrected chi connectivity index (χ4v) is 8.77. The third-order valence-corrected chi connectivity index (χ3v) is 11.8. The second kappa shape index (κ2) is 10.8. The Balaban J connectivity index is 1.42. The summed E-state index contributed by atoms with van der Waals surface area (Å²) in [4.78, 5) is 29.8. The first-order chi connectivity index (χ1) is 21.4. The molecular formula is C34H42N4O6S. The third-order valence-electron chi connectivity index (χ3n) is 10.4. The normalized spacial score (nSPS) is 26.6. The van der Waals surface area contributed by atoms with Crippen molar-refractivity contribution in [2.45, 2.75) is 83.0 Å². The van der Waals surface area contributed by atoms with Crippen molar-refractivity contribution in [3.8, 4) is 17.0 Å². The maximum atomic E-state index is 14.6. The van der Waals surface area contributed by atoms with Gasteiger partial charge in [0.1, 0.15) is 5.75 Å². The van der Waals surface area contributed by atoms with Gasteiger partial charge in [0.2, 0.25) is 5.91 Å². The molecule has 2 unspecified atom stereocenters. The van der Waals surface area contributed by atoms with Crippen molar-refractivity contribution < 1.29 is 27.9 Å². The molecule has 2 aromatic carbocycles. The van der Waals surface area contributed by atoms with E-state index in [1.807, 2.05) is 36.9 Å². The van der Waals surface area contributed by atoms with E-state index in [9.17, 15) is 23.1 Å². The van der Waals surface area contributed by atoms with E-state index in [4.69, 9.17) is 4.74 Å². The molecule has 2 amide bonds. The highest BCUT2D eigenvalue weighted by molar-refractivity contribution is 7.87. The molecule has 11 heteroatoms. The van der Waals surface area contributed by atoms with Crippen LogP contribution in [0.15, 0.2) is 36.4 Å². The van der Waals surface area contributed by atoms with Crippen LogP contribution in [0.25, 0.3) is 22.2 Å². The van der Waals surface area contributed by atoms with Gasteiger partial charge in [-0.15, -0.1) is 0 Å². The van der Waals surface area contributed by atoms with Crippen LogP contribution in [0.4, 0.5) is 0 Å². The molecular weight excluding hydrogens is 592 g/mol. The number of morpholine rings is 1. The summed E-state index contributed by atoms with van der Waals surface area (Å²) in [6.45, 7) is 5.49. The van der Waals surface area contributed by atoms with Crippen molar-refractivity contribution in [1.82, 2.24) is 18.5 Å². The standard InChI is InChI=1S/C34H42N4O6S/c1-20-17-37(18-21(2)44-20)33(41)34-16-28(34)27-15-24(39)11-13-25(27)31-30(22-8-6-5-7-9-22)26-12-10-23(14-29(26)38(31)19-34)32(40)35-45(42,43)36(3)4/h10-15,20-22,28,39H,5-9,16-19H2,1-4H3,(H,35,40)/t20-,21+,28?,34?. The van der Waals surface area contributed by atoms with Gasteiger partial charge < -0.3 is 19.3 Å². The molecule has 2 aliphatic carbocycles. The monoisotopic (exact) mass is 634 g/mol. The van der Waals surface area contributed by atoms with E-state index >= 15 is 0 Å². The summed E-state index contributed by atoms with van der Waals surface area (Å²) < 4.78 is 36.3. The first-order valence-corrected chi connectivity index (χ1v) is 17.5. The Kier molecular flexibility index (Phi) is 7.29. The molecule has 45 heavy (non-hydrogen) atoms. The highest BCUT2D eigenvalue weighted by atomic mass is 32.2. The van der Waals surface area contributed by atoms with E-state index in [1.54, 1.807) is 18.2 Å². The van der Waals surface area contributed by atoms with E-state index in [0.29, 0.717) is 32.0 Å². The molecule has 3 aromatic rings. The minimum Gasteiger partial charge on any atom is -0.508 e. The summed E-state index contributed by atoms with van der Waals surface area (Å²) in [5.74, 6) is -0.156. The molecule has 0 bridgehead atoms. The number of nitrogens with one attached hydrogen (secondary N) is 1. The number of amides is 2. The first kappa shape index (κ1) is 30.3. The number of aromatic hydroxyl groups is 1. The van der Waals surface area contributed by atoms with Gasteiger partial charge in [0.25, 0.3) is 5.91 Å². The number of benzene rings is 2. The van der Waals surface area contributed by atoms with Gasteiger partial charge in [0, 0.05) is 61.7 Å².